The second-order valence-corrected chi connectivity index (χ2v) is 3.40. The monoisotopic (exact) mass is 218 g/mol. The Morgan fingerprint density at radius 2 is 2.25 bits per heavy atom. The third-order valence-corrected chi connectivity index (χ3v) is 2.32. The zero-order valence-electron chi connectivity index (χ0n) is 9.34. The first-order chi connectivity index (χ1) is 7.79. The van der Waals surface area contributed by atoms with Gasteiger partial charge >= 0.3 is 0 Å². The summed E-state index contributed by atoms with van der Waals surface area (Å²) in [6, 6.07) is 3.75. The minimum Gasteiger partial charge on any atom is -0.481 e. The summed E-state index contributed by atoms with van der Waals surface area (Å²) in [5, 5.41) is 3.24. The van der Waals surface area contributed by atoms with Crippen LogP contribution in [-0.4, -0.2) is 21.6 Å². The van der Waals surface area contributed by atoms with E-state index in [1.54, 1.807) is 19.5 Å². The second-order valence-electron chi connectivity index (χ2n) is 3.40. The lowest BCUT2D eigenvalue weighted by atomic mass is 10.4. The van der Waals surface area contributed by atoms with Crippen LogP contribution in [0.1, 0.15) is 5.82 Å². The van der Waals surface area contributed by atoms with Gasteiger partial charge in [-0.3, -0.25) is 0 Å². The van der Waals surface area contributed by atoms with Crippen LogP contribution in [0.4, 0.5) is 5.69 Å². The summed E-state index contributed by atoms with van der Waals surface area (Å²) in [5.74, 6) is 1.60. The lowest BCUT2D eigenvalue weighted by Crippen LogP contribution is -2.05. The number of hydrogen-bond donors (Lipinski definition) is 1. The van der Waals surface area contributed by atoms with E-state index in [1.165, 1.54) is 0 Å². The molecule has 0 fully saturated rings. The van der Waals surface area contributed by atoms with Crippen molar-refractivity contribution in [2.45, 2.75) is 6.54 Å². The number of nitrogens with zero attached hydrogens (tertiary/aromatic N) is 3. The standard InChI is InChI=1S/C11H14N4O/c1-15-6-5-12-10(15)8-13-9-3-4-11(16-2)14-7-9/h3-7,13H,8H2,1-2H3. The molecule has 0 saturated heterocycles. The quantitative estimate of drug-likeness (QED) is 0.843. The number of nitrogens with one attached hydrogen (secondary N) is 1. The van der Waals surface area contributed by atoms with Crippen LogP contribution in [0.2, 0.25) is 0 Å². The number of aromatic nitrogens is 3. The molecule has 0 amide bonds. The molecule has 2 rings (SSSR count). The fraction of sp³-hybridized carbons (Fsp3) is 0.273. The number of imidazole rings is 1. The topological polar surface area (TPSA) is 52.0 Å². The fourth-order valence-corrected chi connectivity index (χ4v) is 1.35. The van der Waals surface area contributed by atoms with Crippen molar-refractivity contribution in [3.8, 4) is 5.88 Å². The van der Waals surface area contributed by atoms with Crippen LogP contribution in [-0.2, 0) is 13.6 Å². The van der Waals surface area contributed by atoms with E-state index in [1.807, 2.05) is 29.9 Å². The van der Waals surface area contributed by atoms with Gasteiger partial charge in [-0.2, -0.15) is 0 Å². The van der Waals surface area contributed by atoms with Crippen molar-refractivity contribution >= 4 is 5.69 Å². The van der Waals surface area contributed by atoms with Gasteiger partial charge in [0.2, 0.25) is 5.88 Å². The average molecular weight is 218 g/mol. The van der Waals surface area contributed by atoms with Crippen LogP contribution in [0.15, 0.2) is 30.7 Å². The van der Waals surface area contributed by atoms with Crippen molar-refractivity contribution in [1.82, 2.24) is 14.5 Å². The molecule has 1 N–H and O–H groups in total. The molecular weight excluding hydrogens is 204 g/mol. The third kappa shape index (κ3) is 2.31. The summed E-state index contributed by atoms with van der Waals surface area (Å²) in [6.45, 7) is 0.678. The van der Waals surface area contributed by atoms with E-state index < -0.39 is 0 Å². The van der Waals surface area contributed by atoms with E-state index in [0.29, 0.717) is 12.4 Å². The van der Waals surface area contributed by atoms with Gasteiger partial charge in [-0.1, -0.05) is 0 Å². The van der Waals surface area contributed by atoms with Crippen molar-refractivity contribution in [3.05, 3.63) is 36.5 Å². The molecule has 0 unspecified atom stereocenters. The van der Waals surface area contributed by atoms with E-state index in [9.17, 15) is 0 Å². The van der Waals surface area contributed by atoms with Gasteiger partial charge in [-0.15, -0.1) is 0 Å². The highest BCUT2D eigenvalue weighted by Gasteiger charge is 1.99. The molecule has 0 bridgehead atoms. The van der Waals surface area contributed by atoms with Crippen molar-refractivity contribution in [2.24, 2.45) is 7.05 Å². The van der Waals surface area contributed by atoms with Crippen molar-refractivity contribution in [1.29, 1.82) is 0 Å². The third-order valence-electron chi connectivity index (χ3n) is 2.32. The minimum absolute atomic E-state index is 0.613. The van der Waals surface area contributed by atoms with Crippen LogP contribution in [0.3, 0.4) is 0 Å². The molecule has 2 aromatic heterocycles. The Kier molecular flexibility index (Phi) is 3.05. The summed E-state index contributed by atoms with van der Waals surface area (Å²) in [7, 11) is 3.57. The predicted molar refractivity (Wildman–Crippen MR) is 61.3 cm³/mol. The smallest absolute Gasteiger partial charge is 0.213 e. The highest BCUT2D eigenvalue weighted by molar-refractivity contribution is 5.42. The predicted octanol–water partition coefficient (Wildman–Crippen LogP) is 1.44. The van der Waals surface area contributed by atoms with Crippen LogP contribution >= 0.6 is 0 Å². The van der Waals surface area contributed by atoms with Crippen molar-refractivity contribution in [3.63, 3.8) is 0 Å². The van der Waals surface area contributed by atoms with Gasteiger partial charge in [0, 0.05) is 25.5 Å². The summed E-state index contributed by atoms with van der Waals surface area (Å²) >= 11 is 0. The average Bonchev–Trinajstić information content (AvgIpc) is 2.73. The largest absolute Gasteiger partial charge is 0.481 e. The molecule has 84 valence electrons. The Balaban J connectivity index is 1.97. The first kappa shape index (κ1) is 10.5. The highest BCUT2D eigenvalue weighted by atomic mass is 16.5. The molecule has 0 aliphatic rings. The van der Waals surface area contributed by atoms with Crippen LogP contribution in [0, 0.1) is 0 Å². The Morgan fingerprint density at radius 3 is 2.81 bits per heavy atom. The molecule has 16 heavy (non-hydrogen) atoms. The number of rotatable bonds is 4. The van der Waals surface area contributed by atoms with Crippen LogP contribution in [0.25, 0.3) is 0 Å². The Labute approximate surface area is 94.1 Å². The summed E-state index contributed by atoms with van der Waals surface area (Å²) in [4.78, 5) is 8.33. The molecular formula is C11H14N4O. The molecule has 5 heteroatoms. The highest BCUT2D eigenvalue weighted by Crippen LogP contribution is 2.11. The number of pyridine rings is 1. The molecule has 0 saturated carbocycles. The molecule has 0 aromatic carbocycles. The molecule has 0 radical (unpaired) electrons. The first-order valence-electron chi connectivity index (χ1n) is 4.99. The van der Waals surface area contributed by atoms with Gasteiger partial charge in [0.25, 0.3) is 0 Å². The number of aryl methyl sites for hydroxylation is 1. The van der Waals surface area contributed by atoms with Gasteiger partial charge in [-0.05, 0) is 6.07 Å². The van der Waals surface area contributed by atoms with Gasteiger partial charge in [0.1, 0.15) is 5.82 Å². The fourth-order valence-electron chi connectivity index (χ4n) is 1.35. The van der Waals surface area contributed by atoms with E-state index in [0.717, 1.165) is 11.5 Å². The van der Waals surface area contributed by atoms with Crippen LogP contribution in [0.5, 0.6) is 5.88 Å². The van der Waals surface area contributed by atoms with E-state index in [2.05, 4.69) is 15.3 Å². The Morgan fingerprint density at radius 1 is 1.38 bits per heavy atom. The second kappa shape index (κ2) is 4.65. The van der Waals surface area contributed by atoms with E-state index >= 15 is 0 Å². The number of hydrogen-bond acceptors (Lipinski definition) is 4. The van der Waals surface area contributed by atoms with Gasteiger partial charge < -0.3 is 14.6 Å². The number of methoxy groups -OCH3 is 1. The lowest BCUT2D eigenvalue weighted by molar-refractivity contribution is 0.398. The van der Waals surface area contributed by atoms with E-state index in [4.69, 9.17) is 4.74 Å². The summed E-state index contributed by atoms with van der Waals surface area (Å²) < 4.78 is 6.96. The molecule has 0 spiro atoms. The maximum Gasteiger partial charge on any atom is 0.213 e. The zero-order valence-corrected chi connectivity index (χ0v) is 9.34. The van der Waals surface area contributed by atoms with Crippen LogP contribution < -0.4 is 10.1 Å². The van der Waals surface area contributed by atoms with Crippen molar-refractivity contribution < 1.29 is 4.74 Å². The summed E-state index contributed by atoms with van der Waals surface area (Å²) in [5.41, 5.74) is 0.948. The van der Waals surface area contributed by atoms with Gasteiger partial charge in [0.05, 0.1) is 25.5 Å². The zero-order chi connectivity index (χ0) is 11.4. The first-order valence-corrected chi connectivity index (χ1v) is 4.99. The van der Waals surface area contributed by atoms with E-state index in [-0.39, 0.29) is 0 Å². The van der Waals surface area contributed by atoms with Gasteiger partial charge in [-0.25, -0.2) is 9.97 Å². The molecule has 0 aliphatic carbocycles. The maximum atomic E-state index is 4.98. The molecule has 5 nitrogen and oxygen atoms in total. The maximum absolute atomic E-state index is 4.98. The number of anilines is 1. The Hall–Kier alpha value is -2.04. The van der Waals surface area contributed by atoms with Gasteiger partial charge in [0.15, 0.2) is 0 Å². The number of ether oxygens (including phenoxy) is 1. The molecule has 0 atom stereocenters. The SMILES string of the molecule is COc1ccc(NCc2nccn2C)cn1. The Bertz CT molecular complexity index is 449. The normalized spacial score (nSPS) is 10.1. The molecule has 2 aromatic rings. The van der Waals surface area contributed by atoms with Crippen molar-refractivity contribution in [2.75, 3.05) is 12.4 Å². The minimum atomic E-state index is 0.613. The molecule has 2 heterocycles. The summed E-state index contributed by atoms with van der Waals surface area (Å²) in [6.07, 6.45) is 5.44. The lowest BCUT2D eigenvalue weighted by Gasteiger charge is -2.06. The molecule has 0 aliphatic heterocycles.